The van der Waals surface area contributed by atoms with E-state index in [9.17, 15) is 14.4 Å². The summed E-state index contributed by atoms with van der Waals surface area (Å²) in [7, 11) is 0. The summed E-state index contributed by atoms with van der Waals surface area (Å²) < 4.78 is 12.1. The molecule has 39 heavy (non-hydrogen) atoms. The number of piperazine rings is 1. The van der Waals surface area contributed by atoms with Gasteiger partial charge in [0.15, 0.2) is 6.10 Å². The maximum absolute atomic E-state index is 12.9. The molecule has 1 fully saturated rings. The average Bonchev–Trinajstić information content (AvgIpc) is 2.83. The molecule has 212 valence electrons. The fourth-order valence-corrected chi connectivity index (χ4v) is 4.52. The lowest BCUT2D eigenvalue weighted by molar-refractivity contribution is -0.00317. The summed E-state index contributed by atoms with van der Waals surface area (Å²) in [6, 6.07) is 6.97. The first-order valence-electron chi connectivity index (χ1n) is 13.3. The highest BCUT2D eigenvalue weighted by Gasteiger charge is 2.33. The van der Waals surface area contributed by atoms with E-state index in [1.54, 1.807) is 24.1 Å². The van der Waals surface area contributed by atoms with Gasteiger partial charge in [-0.25, -0.2) is 4.79 Å². The Morgan fingerprint density at radius 1 is 1.15 bits per heavy atom. The molecule has 2 aromatic rings. The van der Waals surface area contributed by atoms with Crippen molar-refractivity contribution in [2.75, 3.05) is 32.7 Å². The Kier molecular flexibility index (Phi) is 9.55. The van der Waals surface area contributed by atoms with E-state index in [0.717, 1.165) is 5.56 Å². The lowest BCUT2D eigenvalue weighted by Gasteiger charge is -2.41. The second-order valence-corrected chi connectivity index (χ2v) is 11.0. The lowest BCUT2D eigenvalue weighted by Crippen LogP contribution is -2.55. The molecule has 1 aromatic heterocycles. The van der Waals surface area contributed by atoms with Crippen molar-refractivity contribution >= 4 is 17.9 Å². The van der Waals surface area contributed by atoms with Gasteiger partial charge < -0.3 is 25.4 Å². The molecule has 10 heteroatoms. The van der Waals surface area contributed by atoms with Crippen molar-refractivity contribution in [1.82, 2.24) is 20.1 Å². The molecule has 0 bridgehead atoms. The summed E-state index contributed by atoms with van der Waals surface area (Å²) in [4.78, 5) is 46.2. The van der Waals surface area contributed by atoms with Crippen molar-refractivity contribution in [1.29, 1.82) is 0 Å². The van der Waals surface area contributed by atoms with Gasteiger partial charge in [0.05, 0.1) is 11.3 Å². The Balaban J connectivity index is 1.89. The van der Waals surface area contributed by atoms with E-state index in [-0.39, 0.29) is 29.2 Å². The quantitative estimate of drug-likeness (QED) is 0.525. The van der Waals surface area contributed by atoms with Gasteiger partial charge in [0.2, 0.25) is 5.91 Å². The van der Waals surface area contributed by atoms with Crippen molar-refractivity contribution in [3.63, 3.8) is 0 Å². The number of rotatable bonds is 8. The summed E-state index contributed by atoms with van der Waals surface area (Å²) in [5.74, 6) is -0.625. The number of nitrogens with two attached hydrogens (primary N) is 1. The number of ether oxygens (including phenoxy) is 2. The van der Waals surface area contributed by atoms with Crippen molar-refractivity contribution in [3.8, 4) is 5.75 Å². The fourth-order valence-electron chi connectivity index (χ4n) is 4.52. The van der Waals surface area contributed by atoms with E-state index >= 15 is 0 Å². The van der Waals surface area contributed by atoms with E-state index in [0.29, 0.717) is 49.7 Å². The first-order valence-corrected chi connectivity index (χ1v) is 13.3. The highest BCUT2D eigenvalue weighted by atomic mass is 16.6. The predicted molar refractivity (Wildman–Crippen MR) is 149 cm³/mol. The third-order valence-electron chi connectivity index (χ3n) is 6.47. The van der Waals surface area contributed by atoms with Gasteiger partial charge in [-0.2, -0.15) is 0 Å². The molecule has 2 heterocycles. The lowest BCUT2D eigenvalue weighted by atomic mass is 10.0. The number of carbonyl (C=O) groups excluding carboxylic acids is 3. The standard InChI is InChI=1S/C29H41N5O5/c1-8-31-27(36)22-14-21(26(30)35)19(3)13-24(22)38-25(23-10-9-18(2)15-32-23)17-33-11-12-34(20(4)16-33)28(37)39-29(5,6)7/h9-10,13-15,20,25H,8,11-12,16-17H2,1-7H3,(H2,30,35)(H,31,36)/t20-,25?/m1/s1. The number of amides is 3. The van der Waals surface area contributed by atoms with E-state index in [1.165, 1.54) is 6.07 Å². The molecule has 0 spiro atoms. The van der Waals surface area contributed by atoms with Crippen molar-refractivity contribution in [2.24, 2.45) is 5.73 Å². The largest absolute Gasteiger partial charge is 0.482 e. The summed E-state index contributed by atoms with van der Waals surface area (Å²) in [6.45, 7) is 15.8. The molecule has 1 unspecified atom stereocenters. The van der Waals surface area contributed by atoms with Gasteiger partial charge in [-0.15, -0.1) is 0 Å². The van der Waals surface area contributed by atoms with Crippen LogP contribution >= 0.6 is 0 Å². The van der Waals surface area contributed by atoms with Crippen LogP contribution in [-0.2, 0) is 4.74 Å². The highest BCUT2D eigenvalue weighted by molar-refractivity contribution is 6.02. The topological polar surface area (TPSA) is 127 Å². The third-order valence-corrected chi connectivity index (χ3v) is 6.47. The summed E-state index contributed by atoms with van der Waals surface area (Å²) in [5.41, 5.74) is 7.82. The first kappa shape index (κ1) is 29.9. The summed E-state index contributed by atoms with van der Waals surface area (Å²) in [6.07, 6.45) is 0.943. The minimum absolute atomic E-state index is 0.0665. The van der Waals surface area contributed by atoms with Gasteiger partial charge >= 0.3 is 6.09 Å². The van der Waals surface area contributed by atoms with Crippen molar-refractivity contribution in [2.45, 2.75) is 66.2 Å². The number of nitrogens with zero attached hydrogens (tertiary/aromatic N) is 3. The van der Waals surface area contributed by atoms with Crippen LogP contribution < -0.4 is 15.8 Å². The molecule has 10 nitrogen and oxygen atoms in total. The van der Waals surface area contributed by atoms with Crippen LogP contribution in [0.4, 0.5) is 4.79 Å². The molecule has 2 atom stereocenters. The molecule has 3 rings (SSSR count). The summed E-state index contributed by atoms with van der Waals surface area (Å²) in [5, 5.41) is 2.78. The smallest absolute Gasteiger partial charge is 0.410 e. The molecule has 3 N–H and O–H groups in total. The molecule has 1 aromatic carbocycles. The Hall–Kier alpha value is -3.66. The molecule has 0 radical (unpaired) electrons. The molecular weight excluding hydrogens is 498 g/mol. The van der Waals surface area contributed by atoms with Crippen LogP contribution in [0, 0.1) is 13.8 Å². The molecule has 0 saturated carbocycles. The zero-order chi connectivity index (χ0) is 28.9. The molecule has 3 amide bonds. The minimum Gasteiger partial charge on any atom is -0.482 e. The number of pyridine rings is 1. The second kappa shape index (κ2) is 12.5. The predicted octanol–water partition coefficient (Wildman–Crippen LogP) is 3.61. The van der Waals surface area contributed by atoms with Crippen molar-refractivity contribution in [3.05, 3.63) is 58.4 Å². The average molecular weight is 540 g/mol. The van der Waals surface area contributed by atoms with E-state index in [2.05, 4.69) is 15.2 Å². The molecule has 0 aliphatic carbocycles. The number of carbonyl (C=O) groups is 3. The second-order valence-electron chi connectivity index (χ2n) is 11.0. The highest BCUT2D eigenvalue weighted by Crippen LogP contribution is 2.30. The normalized spacial score (nSPS) is 16.9. The SMILES string of the molecule is CCNC(=O)c1cc(C(N)=O)c(C)cc1OC(CN1CCN(C(=O)OC(C)(C)C)[C@H](C)C1)c1ccc(C)cn1. The van der Waals surface area contributed by atoms with Gasteiger partial charge in [-0.3, -0.25) is 19.5 Å². The Morgan fingerprint density at radius 2 is 1.87 bits per heavy atom. The van der Waals surface area contributed by atoms with Gasteiger partial charge in [-0.05, 0) is 77.8 Å². The first-order chi connectivity index (χ1) is 18.3. The molecule has 1 aliphatic rings. The van der Waals surface area contributed by atoms with Crippen LogP contribution in [0.2, 0.25) is 0 Å². The number of primary amides is 1. The number of aryl methyl sites for hydroxylation is 2. The van der Waals surface area contributed by atoms with E-state index in [1.807, 2.05) is 53.7 Å². The van der Waals surface area contributed by atoms with E-state index in [4.69, 9.17) is 15.2 Å². The Bertz CT molecular complexity index is 1190. The summed E-state index contributed by atoms with van der Waals surface area (Å²) >= 11 is 0. The van der Waals surface area contributed by atoms with Gasteiger partial charge in [-0.1, -0.05) is 6.07 Å². The maximum atomic E-state index is 12.9. The fraction of sp³-hybridized carbons (Fsp3) is 0.517. The number of hydrogen-bond acceptors (Lipinski definition) is 7. The van der Waals surface area contributed by atoms with E-state index < -0.39 is 17.6 Å². The Morgan fingerprint density at radius 3 is 2.44 bits per heavy atom. The number of aromatic nitrogens is 1. The number of benzene rings is 1. The maximum Gasteiger partial charge on any atom is 0.410 e. The number of hydrogen-bond donors (Lipinski definition) is 2. The zero-order valence-corrected chi connectivity index (χ0v) is 24.0. The minimum atomic E-state index is -0.613. The van der Waals surface area contributed by atoms with Gasteiger partial charge in [0.1, 0.15) is 11.4 Å². The third kappa shape index (κ3) is 7.92. The molecule has 1 saturated heterocycles. The molecule has 1 aliphatic heterocycles. The van der Waals surface area contributed by atoms with Crippen LogP contribution in [-0.4, -0.2) is 77.1 Å². The van der Waals surface area contributed by atoms with Gasteiger partial charge in [0.25, 0.3) is 5.91 Å². The van der Waals surface area contributed by atoms with Crippen LogP contribution in [0.1, 0.15) is 78.3 Å². The van der Waals surface area contributed by atoms with Crippen molar-refractivity contribution < 1.29 is 23.9 Å². The van der Waals surface area contributed by atoms with Crippen LogP contribution in [0.5, 0.6) is 5.75 Å². The number of nitrogens with one attached hydrogen (secondary N) is 1. The Labute approximate surface area is 230 Å². The van der Waals surface area contributed by atoms with Gasteiger partial charge in [0, 0.05) is 50.5 Å². The van der Waals surface area contributed by atoms with Crippen LogP contribution in [0.3, 0.4) is 0 Å². The zero-order valence-electron chi connectivity index (χ0n) is 24.0. The van der Waals surface area contributed by atoms with Crippen LogP contribution in [0.15, 0.2) is 30.5 Å². The monoisotopic (exact) mass is 539 g/mol. The molecular formula is C29H41N5O5. The van der Waals surface area contributed by atoms with Crippen LogP contribution in [0.25, 0.3) is 0 Å².